The average molecular weight is 544 g/mol. The largest absolute Gasteiger partial charge is 0.496 e. The van der Waals surface area contributed by atoms with E-state index in [4.69, 9.17) is 23.0 Å². The molecule has 3 heterocycles. The summed E-state index contributed by atoms with van der Waals surface area (Å²) in [6, 6.07) is 21.5. The van der Waals surface area contributed by atoms with Crippen LogP contribution in [0.1, 0.15) is 55.4 Å². The summed E-state index contributed by atoms with van der Waals surface area (Å²) < 4.78 is 32.9. The lowest BCUT2D eigenvalue weighted by molar-refractivity contribution is 0.00578. The molecule has 0 spiro atoms. The third kappa shape index (κ3) is 3.35. The molecule has 7 heteroatoms. The smallest absolute Gasteiger partial charge is 0.456 e. The zero-order valence-corrected chi connectivity index (χ0v) is 25.0. The predicted octanol–water partition coefficient (Wildman–Crippen LogP) is 6.99. The van der Waals surface area contributed by atoms with E-state index in [1.165, 1.54) is 27.5 Å². The van der Waals surface area contributed by atoms with Gasteiger partial charge in [-0.05, 0) is 106 Å². The van der Waals surface area contributed by atoms with Crippen LogP contribution in [0.15, 0.2) is 65.1 Å². The summed E-state index contributed by atoms with van der Waals surface area (Å²) >= 11 is 0. The van der Waals surface area contributed by atoms with Crippen LogP contribution in [-0.4, -0.2) is 36.6 Å². The summed E-state index contributed by atoms with van der Waals surface area (Å²) in [6.45, 7) is 16.7. The number of furan rings is 1. The molecule has 1 aliphatic carbocycles. The summed E-state index contributed by atoms with van der Waals surface area (Å²) in [6.07, 6.45) is 0. The molecule has 1 aromatic heterocycles. The molecule has 0 amide bonds. The minimum Gasteiger partial charge on any atom is -0.456 e. The molecule has 2 aliphatic heterocycles. The van der Waals surface area contributed by atoms with Crippen molar-refractivity contribution in [2.24, 2.45) is 0 Å². The highest BCUT2D eigenvalue weighted by Gasteiger charge is 2.54. The van der Waals surface area contributed by atoms with Gasteiger partial charge in [-0.1, -0.05) is 48.5 Å². The second-order valence-corrected chi connectivity index (χ2v) is 13.8. The predicted molar refractivity (Wildman–Crippen MR) is 167 cm³/mol. The molecule has 5 nitrogen and oxygen atoms in total. The van der Waals surface area contributed by atoms with Gasteiger partial charge in [0, 0.05) is 16.2 Å². The van der Waals surface area contributed by atoms with Crippen LogP contribution in [0.25, 0.3) is 55.0 Å². The molecular formula is C34H34B2O5. The number of rotatable bonds is 2. The maximum absolute atomic E-state index is 6.74. The summed E-state index contributed by atoms with van der Waals surface area (Å²) in [7, 11) is -1.01. The molecule has 2 fully saturated rings. The molecule has 0 atom stereocenters. The van der Waals surface area contributed by atoms with Crippen molar-refractivity contribution < 1.29 is 23.0 Å². The second kappa shape index (κ2) is 7.84. The maximum atomic E-state index is 6.74. The lowest BCUT2D eigenvalue weighted by Crippen LogP contribution is -2.41. The summed E-state index contributed by atoms with van der Waals surface area (Å²) in [5.74, 6) is 0. The van der Waals surface area contributed by atoms with Crippen molar-refractivity contribution in [3.63, 3.8) is 0 Å². The third-order valence-corrected chi connectivity index (χ3v) is 10.3. The van der Waals surface area contributed by atoms with E-state index >= 15 is 0 Å². The Bertz CT molecular complexity index is 1900. The Hall–Kier alpha value is -3.09. The lowest BCUT2D eigenvalue weighted by atomic mass is 9.71. The molecule has 5 aromatic rings. The van der Waals surface area contributed by atoms with E-state index < -0.39 is 36.6 Å². The average Bonchev–Trinajstić information content (AvgIpc) is 3.55. The van der Waals surface area contributed by atoms with Crippen molar-refractivity contribution in [2.75, 3.05) is 0 Å². The first kappa shape index (κ1) is 25.6. The van der Waals surface area contributed by atoms with Gasteiger partial charge in [-0.2, -0.15) is 0 Å². The fourth-order valence-corrected chi connectivity index (χ4v) is 6.58. The van der Waals surface area contributed by atoms with Crippen molar-refractivity contribution in [1.29, 1.82) is 0 Å². The minimum absolute atomic E-state index is 0.417. The summed E-state index contributed by atoms with van der Waals surface area (Å²) in [5.41, 5.74) is 6.53. The van der Waals surface area contributed by atoms with Crippen LogP contribution in [0.3, 0.4) is 0 Å². The van der Waals surface area contributed by atoms with E-state index in [0.29, 0.717) is 0 Å². The molecule has 0 saturated carbocycles. The highest BCUT2D eigenvalue weighted by atomic mass is 16.7. The quantitative estimate of drug-likeness (QED) is 0.220. The van der Waals surface area contributed by atoms with Gasteiger partial charge in [0.1, 0.15) is 11.2 Å². The fourth-order valence-electron chi connectivity index (χ4n) is 6.58. The van der Waals surface area contributed by atoms with Crippen molar-refractivity contribution in [1.82, 2.24) is 0 Å². The maximum Gasteiger partial charge on any atom is 0.496 e. The lowest BCUT2D eigenvalue weighted by Gasteiger charge is -2.32. The van der Waals surface area contributed by atoms with E-state index in [-0.39, 0.29) is 0 Å². The van der Waals surface area contributed by atoms with E-state index in [1.807, 2.05) is 0 Å². The van der Waals surface area contributed by atoms with Crippen LogP contribution in [-0.2, 0) is 18.6 Å². The number of hydrogen-bond donors (Lipinski definition) is 0. The molecule has 41 heavy (non-hydrogen) atoms. The number of hydrogen-bond acceptors (Lipinski definition) is 5. The van der Waals surface area contributed by atoms with Crippen LogP contribution < -0.4 is 10.9 Å². The van der Waals surface area contributed by atoms with Gasteiger partial charge in [0.2, 0.25) is 0 Å². The van der Waals surface area contributed by atoms with E-state index in [0.717, 1.165) is 38.4 Å². The molecular weight excluding hydrogens is 510 g/mol. The topological polar surface area (TPSA) is 50.1 Å². The molecule has 4 aromatic carbocycles. The molecule has 0 bridgehead atoms. The van der Waals surface area contributed by atoms with Gasteiger partial charge >= 0.3 is 14.2 Å². The fraction of sp³-hybridized carbons (Fsp3) is 0.353. The Morgan fingerprint density at radius 1 is 0.537 bits per heavy atom. The Balaban J connectivity index is 1.39. The Kier molecular flexibility index (Phi) is 4.90. The summed E-state index contributed by atoms with van der Waals surface area (Å²) in [4.78, 5) is 0. The van der Waals surface area contributed by atoms with Crippen molar-refractivity contribution in [3.05, 3.63) is 60.7 Å². The van der Waals surface area contributed by atoms with Crippen molar-refractivity contribution in [2.45, 2.75) is 77.8 Å². The monoisotopic (exact) mass is 544 g/mol. The normalized spacial score (nSPS) is 21.5. The van der Waals surface area contributed by atoms with Crippen molar-refractivity contribution in [3.8, 4) is 22.3 Å². The van der Waals surface area contributed by atoms with Gasteiger partial charge in [-0.15, -0.1) is 0 Å². The molecule has 8 rings (SSSR count). The van der Waals surface area contributed by atoms with Crippen LogP contribution >= 0.6 is 0 Å². The van der Waals surface area contributed by atoms with Crippen molar-refractivity contribution >= 4 is 57.9 Å². The molecule has 0 N–H and O–H groups in total. The van der Waals surface area contributed by atoms with E-state index in [2.05, 4.69) is 116 Å². The highest BCUT2D eigenvalue weighted by Crippen LogP contribution is 2.50. The van der Waals surface area contributed by atoms with Gasteiger partial charge in [0.05, 0.1) is 22.4 Å². The van der Waals surface area contributed by atoms with E-state index in [9.17, 15) is 0 Å². The minimum atomic E-state index is -0.550. The van der Waals surface area contributed by atoms with Gasteiger partial charge < -0.3 is 23.0 Å². The van der Waals surface area contributed by atoms with Crippen LogP contribution in [0.2, 0.25) is 0 Å². The second-order valence-electron chi connectivity index (χ2n) is 13.8. The molecule has 206 valence electrons. The SMILES string of the molecule is CC1(C)OB(c2ccc3c(c2)oc2cc4c(c(B5OC(C)(C)C(C)(C)O5)c23)-c2cccc3cccc-4c23)OC1(C)C. The zero-order chi connectivity index (χ0) is 28.7. The first-order valence-corrected chi connectivity index (χ1v) is 14.5. The Morgan fingerprint density at radius 2 is 1.12 bits per heavy atom. The standard InChI is InChI=1S/C34H34B2O5/c1-31(2)32(3,4)39-35(38-31)20-15-16-22-25(17-20)37-26-18-24-21-13-9-11-19-12-10-14-23(27(19)21)28(24)30(29(22)26)36-40-33(5,6)34(7,8)41-36/h9-18H,1-8H3. The summed E-state index contributed by atoms with van der Waals surface area (Å²) in [5, 5.41) is 4.55. The number of benzene rings is 4. The van der Waals surface area contributed by atoms with Gasteiger partial charge in [-0.3, -0.25) is 0 Å². The molecule has 0 radical (unpaired) electrons. The number of fused-ring (bicyclic) bond motifs is 6. The molecule has 0 unspecified atom stereocenters. The van der Waals surface area contributed by atoms with Gasteiger partial charge in [0.15, 0.2) is 0 Å². The Labute approximate surface area is 241 Å². The van der Waals surface area contributed by atoms with Crippen LogP contribution in [0.5, 0.6) is 0 Å². The first-order valence-electron chi connectivity index (χ1n) is 14.5. The first-order chi connectivity index (χ1) is 19.3. The van der Waals surface area contributed by atoms with E-state index in [1.54, 1.807) is 0 Å². The third-order valence-electron chi connectivity index (χ3n) is 10.3. The molecule has 2 saturated heterocycles. The zero-order valence-electron chi connectivity index (χ0n) is 25.0. The van der Waals surface area contributed by atoms with Gasteiger partial charge in [-0.25, -0.2) is 0 Å². The molecule has 3 aliphatic rings. The Morgan fingerprint density at radius 3 is 1.76 bits per heavy atom. The van der Waals surface area contributed by atoms with Crippen LogP contribution in [0, 0.1) is 0 Å². The van der Waals surface area contributed by atoms with Crippen LogP contribution in [0.4, 0.5) is 0 Å². The highest BCUT2D eigenvalue weighted by molar-refractivity contribution is 6.69. The van der Waals surface area contributed by atoms with Gasteiger partial charge in [0.25, 0.3) is 0 Å².